The molecule has 2 saturated carbocycles. The molecular weight excluding hydrogens is 261 g/mol. The molecule has 2 nitrogen and oxygen atoms in total. The number of nitrogens with two attached hydrogens (primary N) is 1. The molecule has 1 atom stereocenters. The highest BCUT2D eigenvalue weighted by Gasteiger charge is 2.45. The Hall–Kier alpha value is -0.620. The number of alkyl halides is 3. The van der Waals surface area contributed by atoms with E-state index in [1.807, 2.05) is 0 Å². The molecule has 100 valence electrons. The molecule has 2 aliphatic rings. The van der Waals surface area contributed by atoms with Gasteiger partial charge in [0.15, 0.2) is 5.01 Å². The van der Waals surface area contributed by atoms with Gasteiger partial charge in [-0.1, -0.05) is 0 Å². The van der Waals surface area contributed by atoms with E-state index in [2.05, 4.69) is 4.98 Å². The third-order valence-electron chi connectivity index (χ3n) is 3.84. The number of rotatable bonds is 4. The molecule has 18 heavy (non-hydrogen) atoms. The van der Waals surface area contributed by atoms with Gasteiger partial charge in [-0.05, 0) is 43.4 Å². The number of halogens is 3. The number of aromatic nitrogens is 1. The lowest BCUT2D eigenvalue weighted by Crippen LogP contribution is -2.24. The van der Waals surface area contributed by atoms with E-state index in [1.54, 1.807) is 0 Å². The van der Waals surface area contributed by atoms with Crippen molar-refractivity contribution in [1.29, 1.82) is 0 Å². The normalized spacial score (nSPS) is 22.5. The molecule has 0 aromatic carbocycles. The summed E-state index contributed by atoms with van der Waals surface area (Å²) in [6.07, 6.45) is 1.69. The highest BCUT2D eigenvalue weighted by molar-refractivity contribution is 7.11. The molecule has 0 radical (unpaired) electrons. The minimum Gasteiger partial charge on any atom is -0.323 e. The third-order valence-corrected chi connectivity index (χ3v) is 4.99. The SMILES string of the molecule is NC(c1cnc(C(F)(F)F)s1)C(C1CC1)C1CC1. The minimum atomic E-state index is -4.35. The van der Waals surface area contributed by atoms with Crippen molar-refractivity contribution in [3.63, 3.8) is 0 Å². The second kappa shape index (κ2) is 4.20. The molecule has 0 amide bonds. The minimum absolute atomic E-state index is 0.265. The standard InChI is InChI=1S/C12H15F3N2S/c13-12(14,15)11-17-5-8(18-11)10(16)9(6-1-2-6)7-3-4-7/h5-7,9-10H,1-4,16H2. The topological polar surface area (TPSA) is 38.9 Å². The van der Waals surface area contributed by atoms with Crippen LogP contribution in [0.25, 0.3) is 0 Å². The summed E-state index contributed by atoms with van der Waals surface area (Å²) in [6.45, 7) is 0. The van der Waals surface area contributed by atoms with E-state index < -0.39 is 11.2 Å². The van der Waals surface area contributed by atoms with Crippen LogP contribution in [-0.2, 0) is 6.18 Å². The van der Waals surface area contributed by atoms with Crippen molar-refractivity contribution in [2.24, 2.45) is 23.5 Å². The van der Waals surface area contributed by atoms with E-state index >= 15 is 0 Å². The van der Waals surface area contributed by atoms with E-state index in [1.165, 1.54) is 31.9 Å². The van der Waals surface area contributed by atoms with Crippen molar-refractivity contribution in [3.8, 4) is 0 Å². The zero-order valence-corrected chi connectivity index (χ0v) is 10.6. The summed E-state index contributed by atoms with van der Waals surface area (Å²) in [6, 6.07) is -0.265. The van der Waals surface area contributed by atoms with Crippen molar-refractivity contribution in [1.82, 2.24) is 4.98 Å². The first-order valence-electron chi connectivity index (χ1n) is 6.25. The van der Waals surface area contributed by atoms with Crippen molar-refractivity contribution in [3.05, 3.63) is 16.1 Å². The lowest BCUT2D eigenvalue weighted by atomic mass is 9.89. The number of thiazole rings is 1. The quantitative estimate of drug-likeness (QED) is 0.912. The highest BCUT2D eigenvalue weighted by Crippen LogP contribution is 2.54. The zero-order chi connectivity index (χ0) is 12.9. The summed E-state index contributed by atoms with van der Waals surface area (Å²) in [4.78, 5) is 4.05. The largest absolute Gasteiger partial charge is 0.443 e. The summed E-state index contributed by atoms with van der Waals surface area (Å²) in [5.74, 6) is 1.62. The molecule has 2 aliphatic carbocycles. The second-order valence-corrected chi connectivity index (χ2v) is 6.41. The van der Waals surface area contributed by atoms with Gasteiger partial charge in [-0.2, -0.15) is 13.2 Å². The van der Waals surface area contributed by atoms with Crippen molar-refractivity contribution < 1.29 is 13.2 Å². The van der Waals surface area contributed by atoms with Crippen LogP contribution in [0.1, 0.15) is 41.6 Å². The molecule has 1 heterocycles. The van der Waals surface area contributed by atoms with E-state index in [-0.39, 0.29) is 6.04 Å². The summed E-state index contributed by atoms with van der Waals surface area (Å²) >= 11 is 0.706. The zero-order valence-electron chi connectivity index (χ0n) is 9.78. The van der Waals surface area contributed by atoms with Gasteiger partial charge in [0.1, 0.15) is 0 Å². The molecule has 0 bridgehead atoms. The maximum absolute atomic E-state index is 12.5. The lowest BCUT2D eigenvalue weighted by molar-refractivity contribution is -0.137. The fourth-order valence-electron chi connectivity index (χ4n) is 2.70. The molecule has 1 unspecified atom stereocenters. The van der Waals surface area contributed by atoms with E-state index in [0.717, 1.165) is 0 Å². The molecule has 0 saturated heterocycles. The lowest BCUT2D eigenvalue weighted by Gasteiger charge is -2.22. The van der Waals surface area contributed by atoms with Crippen LogP contribution < -0.4 is 5.73 Å². The Labute approximate surface area is 107 Å². The first-order chi connectivity index (χ1) is 8.47. The van der Waals surface area contributed by atoms with Crippen LogP contribution in [0.2, 0.25) is 0 Å². The van der Waals surface area contributed by atoms with Crippen LogP contribution in [0.3, 0.4) is 0 Å². The Morgan fingerprint density at radius 3 is 2.17 bits per heavy atom. The van der Waals surface area contributed by atoms with Crippen molar-refractivity contribution in [2.45, 2.75) is 37.9 Å². The molecule has 6 heteroatoms. The van der Waals surface area contributed by atoms with Crippen molar-refractivity contribution in [2.75, 3.05) is 0 Å². The number of hydrogen-bond donors (Lipinski definition) is 1. The summed E-state index contributed by atoms with van der Waals surface area (Å²) in [5, 5.41) is -0.779. The fourth-order valence-corrected chi connectivity index (χ4v) is 3.54. The van der Waals surface area contributed by atoms with Gasteiger partial charge in [-0.3, -0.25) is 0 Å². The molecule has 0 aliphatic heterocycles. The van der Waals surface area contributed by atoms with Crippen LogP contribution in [0.4, 0.5) is 13.2 Å². The highest BCUT2D eigenvalue weighted by atomic mass is 32.1. The first kappa shape index (κ1) is 12.4. The van der Waals surface area contributed by atoms with Crippen LogP contribution >= 0.6 is 11.3 Å². The Balaban J connectivity index is 1.78. The van der Waals surface area contributed by atoms with Gasteiger partial charge in [0.05, 0.1) is 0 Å². The van der Waals surface area contributed by atoms with Gasteiger partial charge in [-0.15, -0.1) is 11.3 Å². The maximum Gasteiger partial charge on any atom is 0.443 e. The molecule has 3 rings (SSSR count). The molecule has 2 fully saturated rings. The van der Waals surface area contributed by atoms with Gasteiger partial charge in [0, 0.05) is 17.1 Å². The van der Waals surface area contributed by atoms with Crippen LogP contribution in [-0.4, -0.2) is 4.98 Å². The van der Waals surface area contributed by atoms with Crippen molar-refractivity contribution >= 4 is 11.3 Å². The molecule has 2 N–H and O–H groups in total. The molecular formula is C12H15F3N2S. The van der Waals surface area contributed by atoms with Gasteiger partial charge < -0.3 is 5.73 Å². The average Bonchev–Trinajstić information content (AvgIpc) is 3.20. The number of hydrogen-bond acceptors (Lipinski definition) is 3. The van der Waals surface area contributed by atoms with E-state index in [0.29, 0.717) is 34.0 Å². The Morgan fingerprint density at radius 1 is 1.22 bits per heavy atom. The van der Waals surface area contributed by atoms with Gasteiger partial charge >= 0.3 is 6.18 Å². The van der Waals surface area contributed by atoms with Gasteiger partial charge in [0.25, 0.3) is 0 Å². The second-order valence-electron chi connectivity index (χ2n) is 5.34. The third kappa shape index (κ3) is 2.40. The molecule has 0 spiro atoms. The summed E-state index contributed by atoms with van der Waals surface area (Å²) in [5.41, 5.74) is 6.18. The summed E-state index contributed by atoms with van der Waals surface area (Å²) in [7, 11) is 0. The maximum atomic E-state index is 12.5. The smallest absolute Gasteiger partial charge is 0.323 e. The Kier molecular flexibility index (Phi) is 2.90. The van der Waals surface area contributed by atoms with E-state index in [9.17, 15) is 13.2 Å². The molecule has 1 aromatic rings. The number of nitrogens with zero attached hydrogens (tertiary/aromatic N) is 1. The molecule has 1 aromatic heterocycles. The van der Waals surface area contributed by atoms with Gasteiger partial charge in [-0.25, -0.2) is 4.98 Å². The summed E-state index contributed by atoms with van der Waals surface area (Å²) < 4.78 is 37.5. The monoisotopic (exact) mass is 276 g/mol. The Bertz CT molecular complexity index is 423. The van der Waals surface area contributed by atoms with Crippen LogP contribution in [0.15, 0.2) is 6.20 Å². The average molecular weight is 276 g/mol. The Morgan fingerprint density at radius 2 is 1.78 bits per heavy atom. The predicted octanol–water partition coefficient (Wildman–Crippen LogP) is 3.60. The first-order valence-corrected chi connectivity index (χ1v) is 7.07. The van der Waals surface area contributed by atoms with Crippen LogP contribution in [0.5, 0.6) is 0 Å². The fraction of sp³-hybridized carbons (Fsp3) is 0.750. The van der Waals surface area contributed by atoms with Crippen LogP contribution in [0, 0.1) is 17.8 Å². The van der Waals surface area contributed by atoms with Gasteiger partial charge in [0.2, 0.25) is 0 Å². The van der Waals surface area contributed by atoms with E-state index in [4.69, 9.17) is 5.73 Å². The predicted molar refractivity (Wildman–Crippen MR) is 63.0 cm³/mol.